The summed E-state index contributed by atoms with van der Waals surface area (Å²) in [6.45, 7) is 4.15. The predicted molar refractivity (Wildman–Crippen MR) is 90.3 cm³/mol. The van der Waals surface area contributed by atoms with Gasteiger partial charge in [-0.15, -0.1) is 0 Å². The molecule has 3 rings (SSSR count). The first-order valence-corrected chi connectivity index (χ1v) is 8.08. The zero-order valence-corrected chi connectivity index (χ0v) is 14.4. The number of nitrogens with one attached hydrogen (secondary N) is 1. The smallest absolute Gasteiger partial charge is 0.226 e. The van der Waals surface area contributed by atoms with Crippen molar-refractivity contribution in [2.45, 2.75) is 26.8 Å². The number of benzene rings is 1. The van der Waals surface area contributed by atoms with Gasteiger partial charge in [0.1, 0.15) is 23.1 Å². The summed E-state index contributed by atoms with van der Waals surface area (Å²) in [6, 6.07) is 3.15. The van der Waals surface area contributed by atoms with E-state index < -0.39 is 11.6 Å². The van der Waals surface area contributed by atoms with E-state index in [1.807, 2.05) is 10.8 Å². The van der Waals surface area contributed by atoms with Crippen molar-refractivity contribution in [2.75, 3.05) is 6.54 Å². The number of nitrogens with zero attached hydrogens (tertiary/aromatic N) is 3. The predicted octanol–water partition coefficient (Wildman–Crippen LogP) is 2.85. The fourth-order valence-corrected chi connectivity index (χ4v) is 2.54. The number of oxazole rings is 1. The number of amides is 1. The van der Waals surface area contributed by atoms with Crippen LogP contribution in [0.2, 0.25) is 0 Å². The Labute approximate surface area is 148 Å². The van der Waals surface area contributed by atoms with Crippen molar-refractivity contribution in [3.05, 3.63) is 59.5 Å². The first kappa shape index (κ1) is 17.8. The molecule has 3 aromatic rings. The average Bonchev–Trinajstić information content (AvgIpc) is 3.14. The largest absolute Gasteiger partial charge is 0.441 e. The van der Waals surface area contributed by atoms with Crippen molar-refractivity contribution >= 4 is 5.91 Å². The van der Waals surface area contributed by atoms with E-state index in [9.17, 15) is 13.6 Å². The molecular weight excluding hydrogens is 342 g/mol. The Kier molecular flexibility index (Phi) is 5.11. The third-order valence-electron chi connectivity index (χ3n) is 3.78. The topological polar surface area (TPSA) is 73.0 Å². The number of carbonyl (C=O) groups is 1. The quantitative estimate of drug-likeness (QED) is 0.734. The van der Waals surface area contributed by atoms with E-state index in [0.717, 1.165) is 11.8 Å². The molecule has 0 unspecified atom stereocenters. The average molecular weight is 360 g/mol. The Bertz CT molecular complexity index is 913. The van der Waals surface area contributed by atoms with Gasteiger partial charge >= 0.3 is 0 Å². The molecular formula is C18H18F2N4O2. The summed E-state index contributed by atoms with van der Waals surface area (Å²) in [7, 11) is 0. The summed E-state index contributed by atoms with van der Waals surface area (Å²) in [4.78, 5) is 19.5. The van der Waals surface area contributed by atoms with E-state index in [-0.39, 0.29) is 17.4 Å². The highest BCUT2D eigenvalue weighted by molar-refractivity contribution is 5.72. The molecule has 0 saturated carbocycles. The van der Waals surface area contributed by atoms with Gasteiger partial charge in [0, 0.05) is 37.7 Å². The van der Waals surface area contributed by atoms with Crippen LogP contribution in [0, 0.1) is 18.6 Å². The molecule has 0 aliphatic heterocycles. The van der Waals surface area contributed by atoms with E-state index >= 15 is 0 Å². The molecule has 136 valence electrons. The third kappa shape index (κ3) is 4.33. The molecule has 2 heterocycles. The van der Waals surface area contributed by atoms with Gasteiger partial charge in [-0.1, -0.05) is 0 Å². The molecule has 0 fully saturated rings. The number of carbonyl (C=O) groups excluding carboxylic acids is 1. The third-order valence-corrected chi connectivity index (χ3v) is 3.78. The van der Waals surface area contributed by atoms with E-state index in [1.165, 1.54) is 19.1 Å². The van der Waals surface area contributed by atoms with Crippen molar-refractivity contribution < 1.29 is 18.0 Å². The summed E-state index contributed by atoms with van der Waals surface area (Å²) in [6.07, 6.45) is 4.15. The highest BCUT2D eigenvalue weighted by Gasteiger charge is 2.14. The molecule has 26 heavy (non-hydrogen) atoms. The Hall–Kier alpha value is -3.03. The molecule has 0 aliphatic carbocycles. The van der Waals surface area contributed by atoms with E-state index in [4.69, 9.17) is 4.42 Å². The van der Waals surface area contributed by atoms with Crippen LogP contribution in [0.3, 0.4) is 0 Å². The Morgan fingerprint density at radius 1 is 1.27 bits per heavy atom. The van der Waals surface area contributed by atoms with Crippen LogP contribution in [0.1, 0.15) is 24.1 Å². The first-order chi connectivity index (χ1) is 12.4. The summed E-state index contributed by atoms with van der Waals surface area (Å²) in [5.74, 6) is -0.712. The molecule has 0 bridgehead atoms. The molecule has 1 N–H and O–H groups in total. The van der Waals surface area contributed by atoms with Crippen LogP contribution < -0.4 is 5.32 Å². The van der Waals surface area contributed by atoms with Gasteiger partial charge in [0.05, 0.1) is 18.6 Å². The fourth-order valence-electron chi connectivity index (χ4n) is 2.54. The lowest BCUT2D eigenvalue weighted by Crippen LogP contribution is -2.22. The second-order valence-corrected chi connectivity index (χ2v) is 5.95. The Balaban J connectivity index is 1.72. The molecule has 6 nitrogen and oxygen atoms in total. The van der Waals surface area contributed by atoms with Gasteiger partial charge in [-0.25, -0.2) is 18.7 Å². The number of rotatable bonds is 6. The maximum atomic E-state index is 13.4. The molecule has 0 radical (unpaired) electrons. The highest BCUT2D eigenvalue weighted by atomic mass is 19.1. The summed E-state index contributed by atoms with van der Waals surface area (Å²) >= 11 is 0. The molecule has 1 amide bonds. The minimum absolute atomic E-state index is 0.0797. The van der Waals surface area contributed by atoms with Gasteiger partial charge in [-0.05, 0) is 19.1 Å². The molecule has 0 saturated heterocycles. The van der Waals surface area contributed by atoms with Gasteiger partial charge < -0.3 is 14.3 Å². The van der Waals surface area contributed by atoms with Crippen LogP contribution >= 0.6 is 0 Å². The summed E-state index contributed by atoms with van der Waals surface area (Å²) in [5.41, 5.74) is 1.74. The standard InChI is InChI=1S/C18H18F2N4O2/c1-11-17(9-24-8-16(22-10-24)3-4-21-12(2)25)23-18(26-11)13-5-14(19)7-15(20)6-13/h5-8,10H,3-4,9H2,1-2H3,(H,21,25). The molecule has 2 aromatic heterocycles. The second kappa shape index (κ2) is 7.47. The van der Waals surface area contributed by atoms with E-state index in [0.29, 0.717) is 31.0 Å². The number of hydrogen-bond donors (Lipinski definition) is 1. The lowest BCUT2D eigenvalue weighted by molar-refractivity contribution is -0.118. The number of hydrogen-bond acceptors (Lipinski definition) is 4. The lowest BCUT2D eigenvalue weighted by atomic mass is 10.2. The Morgan fingerprint density at radius 2 is 2.00 bits per heavy atom. The molecule has 0 atom stereocenters. The normalized spacial score (nSPS) is 10.9. The van der Waals surface area contributed by atoms with Crippen molar-refractivity contribution in [1.82, 2.24) is 19.9 Å². The fraction of sp³-hybridized carbons (Fsp3) is 0.278. The minimum atomic E-state index is -0.684. The second-order valence-electron chi connectivity index (χ2n) is 5.95. The van der Waals surface area contributed by atoms with Crippen LogP contribution in [0.25, 0.3) is 11.5 Å². The van der Waals surface area contributed by atoms with Gasteiger partial charge in [-0.2, -0.15) is 0 Å². The number of aryl methyl sites for hydroxylation is 1. The van der Waals surface area contributed by atoms with Gasteiger partial charge in [0.15, 0.2) is 0 Å². The van der Waals surface area contributed by atoms with Gasteiger partial charge in [0.25, 0.3) is 0 Å². The lowest BCUT2D eigenvalue weighted by Gasteiger charge is -1.99. The van der Waals surface area contributed by atoms with E-state index in [1.54, 1.807) is 13.3 Å². The van der Waals surface area contributed by atoms with Crippen molar-refractivity contribution in [1.29, 1.82) is 0 Å². The zero-order chi connectivity index (χ0) is 18.7. The van der Waals surface area contributed by atoms with Crippen LogP contribution in [-0.4, -0.2) is 27.0 Å². The SMILES string of the molecule is CC(=O)NCCc1cn(Cc2nc(-c3cc(F)cc(F)c3)oc2C)cn1. The minimum Gasteiger partial charge on any atom is -0.441 e. The monoisotopic (exact) mass is 360 g/mol. The van der Waals surface area contributed by atoms with Gasteiger partial charge in [0.2, 0.25) is 11.8 Å². The van der Waals surface area contributed by atoms with Crippen molar-refractivity contribution in [3.63, 3.8) is 0 Å². The summed E-state index contributed by atoms with van der Waals surface area (Å²) < 4.78 is 34.1. The van der Waals surface area contributed by atoms with Crippen LogP contribution in [0.15, 0.2) is 35.1 Å². The maximum absolute atomic E-state index is 13.4. The number of halogens is 2. The first-order valence-electron chi connectivity index (χ1n) is 8.08. The molecule has 0 spiro atoms. The summed E-state index contributed by atoms with van der Waals surface area (Å²) in [5, 5.41) is 2.72. The van der Waals surface area contributed by atoms with E-state index in [2.05, 4.69) is 15.3 Å². The molecule has 1 aromatic carbocycles. The maximum Gasteiger partial charge on any atom is 0.226 e. The molecule has 8 heteroatoms. The number of aromatic nitrogens is 3. The molecule has 0 aliphatic rings. The zero-order valence-electron chi connectivity index (χ0n) is 14.4. The van der Waals surface area contributed by atoms with Gasteiger partial charge in [-0.3, -0.25) is 4.79 Å². The van der Waals surface area contributed by atoms with Crippen LogP contribution in [0.4, 0.5) is 8.78 Å². The number of imidazole rings is 1. The van der Waals surface area contributed by atoms with Crippen LogP contribution in [0.5, 0.6) is 0 Å². The van der Waals surface area contributed by atoms with Crippen LogP contribution in [-0.2, 0) is 17.8 Å². The highest BCUT2D eigenvalue weighted by Crippen LogP contribution is 2.24. The van der Waals surface area contributed by atoms with Crippen molar-refractivity contribution in [3.8, 4) is 11.5 Å². The van der Waals surface area contributed by atoms with Crippen molar-refractivity contribution in [2.24, 2.45) is 0 Å². The Morgan fingerprint density at radius 3 is 2.69 bits per heavy atom.